The van der Waals surface area contributed by atoms with Crippen LogP contribution >= 0.6 is 0 Å². The molecule has 0 radical (unpaired) electrons. The quantitative estimate of drug-likeness (QED) is 0.0621. The lowest BCUT2D eigenvalue weighted by Crippen LogP contribution is -2.35. The van der Waals surface area contributed by atoms with Crippen molar-refractivity contribution in [1.82, 2.24) is 0 Å². The molecule has 3 aromatic rings. The highest BCUT2D eigenvalue weighted by Gasteiger charge is 2.33. The summed E-state index contributed by atoms with van der Waals surface area (Å²) in [5.41, 5.74) is 0.729. The highest BCUT2D eigenvalue weighted by molar-refractivity contribution is 5.96. The second kappa shape index (κ2) is 14.5. The van der Waals surface area contributed by atoms with Gasteiger partial charge in [-0.25, -0.2) is 19.2 Å². The van der Waals surface area contributed by atoms with E-state index < -0.39 is 18.1 Å². The first kappa shape index (κ1) is 31.3. The van der Waals surface area contributed by atoms with Crippen molar-refractivity contribution in [2.45, 2.75) is 46.1 Å². The molecule has 0 spiro atoms. The van der Waals surface area contributed by atoms with Crippen LogP contribution in [0, 0.1) is 17.8 Å². The predicted molar refractivity (Wildman–Crippen MR) is 159 cm³/mol. The molecule has 0 saturated heterocycles. The Hall–Kier alpha value is -4.66. The van der Waals surface area contributed by atoms with Gasteiger partial charge >= 0.3 is 24.1 Å². The van der Waals surface area contributed by atoms with Gasteiger partial charge < -0.3 is 23.7 Å². The van der Waals surface area contributed by atoms with Gasteiger partial charge in [-0.15, -0.1) is 0 Å². The topological polar surface area (TPSA) is 114 Å². The van der Waals surface area contributed by atoms with Crippen molar-refractivity contribution in [2.24, 2.45) is 17.8 Å². The average molecular weight is 589 g/mol. The first-order valence-electron chi connectivity index (χ1n) is 14.3. The fourth-order valence-corrected chi connectivity index (χ4v) is 5.15. The van der Waals surface area contributed by atoms with Gasteiger partial charge in [0.25, 0.3) is 0 Å². The van der Waals surface area contributed by atoms with Crippen molar-refractivity contribution in [3.05, 3.63) is 84.4 Å². The van der Waals surface area contributed by atoms with Gasteiger partial charge in [0.2, 0.25) is 0 Å². The zero-order valence-corrected chi connectivity index (χ0v) is 24.6. The Morgan fingerprint density at radius 1 is 0.814 bits per heavy atom. The van der Waals surface area contributed by atoms with Gasteiger partial charge in [-0.2, -0.15) is 0 Å². The number of ether oxygens (including phenoxy) is 5. The van der Waals surface area contributed by atoms with Crippen molar-refractivity contribution in [3.8, 4) is 11.5 Å². The van der Waals surface area contributed by atoms with Crippen molar-refractivity contribution in [3.63, 3.8) is 0 Å². The number of fused-ring (bicyclic) bond motifs is 1. The third-order valence-electron chi connectivity index (χ3n) is 7.48. The number of esters is 3. The highest BCUT2D eigenvalue weighted by atomic mass is 16.7. The Morgan fingerprint density at radius 3 is 2.19 bits per heavy atom. The maximum absolute atomic E-state index is 13.0. The molecule has 1 aliphatic carbocycles. The molecule has 3 atom stereocenters. The second-order valence-electron chi connectivity index (χ2n) is 11.0. The zero-order chi connectivity index (χ0) is 30.9. The Labute approximate surface area is 250 Å². The summed E-state index contributed by atoms with van der Waals surface area (Å²) in [5, 5.41) is 1.62. The average Bonchev–Trinajstić information content (AvgIpc) is 2.99. The summed E-state index contributed by atoms with van der Waals surface area (Å²) < 4.78 is 26.1. The summed E-state index contributed by atoms with van der Waals surface area (Å²) in [5.74, 6) is 0.298. The van der Waals surface area contributed by atoms with Crippen LogP contribution in [-0.2, 0) is 19.0 Å². The SMILES string of the molecule is C=CC(=O)OCCOC(=O)Oc1ccc(C(=O)Oc2ccc3cc(C(=O)OC4CC(C)CCC4C(C)C)ccc3c2)cc1. The van der Waals surface area contributed by atoms with E-state index in [9.17, 15) is 19.2 Å². The van der Waals surface area contributed by atoms with Crippen LogP contribution in [0.3, 0.4) is 0 Å². The maximum atomic E-state index is 13.0. The number of carbonyl (C=O) groups is 4. The Balaban J connectivity index is 1.32. The predicted octanol–water partition coefficient (Wildman–Crippen LogP) is 6.92. The molecule has 43 heavy (non-hydrogen) atoms. The molecule has 1 fully saturated rings. The summed E-state index contributed by atoms with van der Waals surface area (Å²) in [6.45, 7) is 9.52. The van der Waals surface area contributed by atoms with E-state index >= 15 is 0 Å². The standard InChI is InChI=1S/C34H36O9/c1-5-31(35)39-16-17-40-34(38)42-27-12-9-23(10-13-27)32(36)41-28-14-11-24-19-26(8-7-25(24)20-28)33(37)43-30-18-22(4)6-15-29(30)21(2)3/h5,7-14,19-22,29-30H,1,6,15-18H2,2-4H3. The van der Waals surface area contributed by atoms with E-state index in [2.05, 4.69) is 27.4 Å². The smallest absolute Gasteiger partial charge is 0.459 e. The molecule has 0 bridgehead atoms. The number of carbonyl (C=O) groups excluding carboxylic acids is 4. The first-order chi connectivity index (χ1) is 20.6. The van der Waals surface area contributed by atoms with Crippen LogP contribution in [0.1, 0.15) is 60.7 Å². The molecular formula is C34H36O9. The first-order valence-corrected chi connectivity index (χ1v) is 14.3. The van der Waals surface area contributed by atoms with Crippen LogP contribution in [0.15, 0.2) is 73.3 Å². The van der Waals surface area contributed by atoms with Crippen molar-refractivity contribution in [2.75, 3.05) is 13.2 Å². The fraction of sp³-hybridized carbons (Fsp3) is 0.353. The summed E-state index contributed by atoms with van der Waals surface area (Å²) in [6.07, 6.45) is 3.05. The minimum absolute atomic E-state index is 0.0798. The largest absolute Gasteiger partial charge is 0.513 e. The lowest BCUT2D eigenvalue weighted by molar-refractivity contribution is -0.138. The molecule has 1 aliphatic rings. The lowest BCUT2D eigenvalue weighted by Gasteiger charge is -2.36. The number of hydrogen-bond acceptors (Lipinski definition) is 9. The van der Waals surface area contributed by atoms with Crippen LogP contribution in [0.25, 0.3) is 10.8 Å². The lowest BCUT2D eigenvalue weighted by atomic mass is 9.75. The number of hydrogen-bond donors (Lipinski definition) is 0. The van der Waals surface area contributed by atoms with Crippen LogP contribution < -0.4 is 9.47 Å². The summed E-state index contributed by atoms with van der Waals surface area (Å²) in [7, 11) is 0. The maximum Gasteiger partial charge on any atom is 0.513 e. The molecule has 1 saturated carbocycles. The van der Waals surface area contributed by atoms with Crippen LogP contribution in [0.5, 0.6) is 11.5 Å². The number of rotatable bonds is 10. The minimum Gasteiger partial charge on any atom is -0.459 e. The van der Waals surface area contributed by atoms with Crippen LogP contribution in [0.4, 0.5) is 4.79 Å². The van der Waals surface area contributed by atoms with Gasteiger partial charge in [0.05, 0.1) is 11.1 Å². The minimum atomic E-state index is -0.985. The normalized spacial score (nSPS) is 18.0. The molecule has 226 valence electrons. The molecule has 3 unspecified atom stereocenters. The van der Waals surface area contributed by atoms with Crippen molar-refractivity contribution in [1.29, 1.82) is 0 Å². The summed E-state index contributed by atoms with van der Waals surface area (Å²) >= 11 is 0. The van der Waals surface area contributed by atoms with Crippen LogP contribution in [0.2, 0.25) is 0 Å². The molecular weight excluding hydrogens is 552 g/mol. The highest BCUT2D eigenvalue weighted by Crippen LogP contribution is 2.36. The summed E-state index contributed by atoms with van der Waals surface area (Å²) in [6, 6.07) is 16.2. The zero-order valence-electron chi connectivity index (χ0n) is 24.6. The van der Waals surface area contributed by atoms with Crippen LogP contribution in [-0.4, -0.2) is 43.4 Å². The van der Waals surface area contributed by atoms with E-state index in [4.69, 9.17) is 23.7 Å². The number of benzene rings is 3. The Kier molecular flexibility index (Phi) is 10.5. The monoisotopic (exact) mass is 588 g/mol. The van der Waals surface area contributed by atoms with E-state index in [1.807, 2.05) is 0 Å². The van der Waals surface area contributed by atoms with Crippen molar-refractivity contribution >= 4 is 34.8 Å². The van der Waals surface area contributed by atoms with Gasteiger partial charge in [-0.05, 0) is 89.9 Å². The molecule has 0 aromatic heterocycles. The molecule has 9 heteroatoms. The van der Waals surface area contributed by atoms with Crippen molar-refractivity contribution < 1.29 is 42.9 Å². The van der Waals surface area contributed by atoms with E-state index in [0.717, 1.165) is 36.1 Å². The molecule has 0 aliphatic heterocycles. The third-order valence-corrected chi connectivity index (χ3v) is 7.48. The molecule has 0 heterocycles. The molecule has 0 N–H and O–H groups in total. The fourth-order valence-electron chi connectivity index (χ4n) is 5.15. The Morgan fingerprint density at radius 2 is 1.47 bits per heavy atom. The second-order valence-corrected chi connectivity index (χ2v) is 11.0. The van der Waals surface area contributed by atoms with Gasteiger partial charge in [-0.1, -0.05) is 45.9 Å². The molecule has 4 rings (SSSR count). The van der Waals surface area contributed by atoms with E-state index in [1.54, 1.807) is 36.4 Å². The molecule has 9 nitrogen and oxygen atoms in total. The van der Waals surface area contributed by atoms with Gasteiger partial charge in [-0.3, -0.25) is 0 Å². The van der Waals surface area contributed by atoms with Gasteiger partial charge in [0.15, 0.2) is 0 Å². The third kappa shape index (κ3) is 8.67. The molecule has 0 amide bonds. The van der Waals surface area contributed by atoms with E-state index in [0.29, 0.717) is 29.1 Å². The Bertz CT molecular complexity index is 1470. The van der Waals surface area contributed by atoms with Gasteiger partial charge in [0.1, 0.15) is 30.8 Å². The molecule has 3 aromatic carbocycles. The summed E-state index contributed by atoms with van der Waals surface area (Å²) in [4.78, 5) is 48.5. The van der Waals surface area contributed by atoms with E-state index in [-0.39, 0.29) is 36.6 Å². The van der Waals surface area contributed by atoms with Gasteiger partial charge in [0, 0.05) is 6.08 Å². The van der Waals surface area contributed by atoms with E-state index in [1.165, 1.54) is 24.3 Å².